The van der Waals surface area contributed by atoms with Crippen LogP contribution in [0.25, 0.3) is 0 Å². The van der Waals surface area contributed by atoms with Gasteiger partial charge in [-0.3, -0.25) is 88.1 Å². The van der Waals surface area contributed by atoms with Crippen LogP contribution in [-0.2, 0) is 23.9 Å². The van der Waals surface area contributed by atoms with Gasteiger partial charge >= 0.3 is 0 Å². The molecule has 7 saturated heterocycles. The molecular weight excluding hydrogens is 1810 g/mol. The molecule has 39 heteroatoms. The molecule has 0 spiro atoms. The summed E-state index contributed by atoms with van der Waals surface area (Å²) in [6.45, 7) is 32.9. The minimum Gasteiger partial charge on any atom is -0.381 e. The Bertz CT molecular complexity index is 5440. The highest BCUT2D eigenvalue weighted by Crippen LogP contribution is 2.32. The van der Waals surface area contributed by atoms with E-state index in [0.29, 0.717) is 173 Å². The van der Waals surface area contributed by atoms with Crippen molar-refractivity contribution in [3.8, 4) is 0 Å². The quantitative estimate of drug-likeness (QED) is 0.0267. The van der Waals surface area contributed by atoms with Gasteiger partial charge in [0.15, 0.2) is 0 Å². The molecule has 6 aromatic heterocycles. The third kappa shape index (κ3) is 28.5. The number of hydrogen-bond acceptors (Lipinski definition) is 19. The molecule has 18 rings (SSSR count). The number of benzene rings is 2. The van der Waals surface area contributed by atoms with Crippen molar-refractivity contribution in [2.24, 2.45) is 23.7 Å². The molecule has 0 radical (unpaired) electrons. The van der Waals surface area contributed by atoms with Gasteiger partial charge in [0.05, 0.1) is 16.1 Å². The molecule has 3 aliphatic carbocycles. The number of H-pyrrole nitrogens is 6. The molecule has 140 heavy (non-hydrogen) atoms. The predicted octanol–water partition coefficient (Wildman–Crippen LogP) is 11.4. The Morgan fingerprint density at radius 3 is 0.771 bits per heavy atom. The summed E-state index contributed by atoms with van der Waals surface area (Å²) in [4.78, 5) is 158. The predicted molar refractivity (Wildman–Crippen MR) is 523 cm³/mol. The monoisotopic (exact) mass is 1950 g/mol. The zero-order chi connectivity index (χ0) is 100. The number of likely N-dealkylation sites (tertiary alicyclic amines) is 6. The van der Waals surface area contributed by atoms with E-state index >= 15 is 0 Å². The number of carbonyl (C=O) groups excluding carboxylic acids is 12. The molecule has 2 aromatic carbocycles. The van der Waals surface area contributed by atoms with E-state index in [1.54, 1.807) is 71.9 Å². The number of aromatic amines is 6. The Kier molecular flexibility index (Phi) is 36.8. The highest BCUT2D eigenvalue weighted by Gasteiger charge is 2.40. The first-order valence-electron chi connectivity index (χ1n) is 50.1. The number of ether oxygens (including phenoxy) is 1. The normalized spacial score (nSPS) is 20.3. The molecule has 10 aliphatic rings. The Morgan fingerprint density at radius 2 is 0.536 bits per heavy atom. The Hall–Kier alpha value is -12.5. The first-order valence-corrected chi connectivity index (χ1v) is 50.4. The average Bonchev–Trinajstić information content (AvgIpc) is 1.71. The van der Waals surface area contributed by atoms with Crippen molar-refractivity contribution in [2.45, 2.75) is 264 Å². The van der Waals surface area contributed by atoms with Crippen molar-refractivity contribution in [3.63, 3.8) is 0 Å². The molecule has 13 heterocycles. The summed E-state index contributed by atoms with van der Waals surface area (Å²) in [6.07, 6.45) is 15.7. The fourth-order valence-electron chi connectivity index (χ4n) is 18.1. The molecule has 8 aromatic rings. The minimum atomic E-state index is -0.552. The smallest absolute Gasteiger partial charge is 0.274 e. The highest BCUT2D eigenvalue weighted by molar-refractivity contribution is 6.33. The van der Waals surface area contributed by atoms with Crippen LogP contribution >= 0.6 is 11.6 Å². The molecule has 7 aliphatic heterocycles. The second-order valence-corrected chi connectivity index (χ2v) is 40.7. The number of halogens is 2. The molecule has 10 fully saturated rings. The van der Waals surface area contributed by atoms with Crippen molar-refractivity contribution < 1.29 is 66.7 Å². The van der Waals surface area contributed by atoms with Gasteiger partial charge in [-0.15, -0.1) is 0 Å². The zero-order valence-corrected chi connectivity index (χ0v) is 83.4. The van der Waals surface area contributed by atoms with Crippen LogP contribution in [-0.4, -0.2) is 289 Å². The van der Waals surface area contributed by atoms with E-state index in [1.165, 1.54) is 18.2 Å². The van der Waals surface area contributed by atoms with Crippen molar-refractivity contribution in [1.29, 1.82) is 0 Å². The van der Waals surface area contributed by atoms with E-state index in [9.17, 15) is 61.9 Å². The third-order valence-corrected chi connectivity index (χ3v) is 27.9. The Morgan fingerprint density at radius 1 is 0.307 bits per heavy atom. The molecule has 37 nitrogen and oxygen atoms in total. The van der Waals surface area contributed by atoms with E-state index < -0.39 is 11.7 Å². The van der Waals surface area contributed by atoms with E-state index in [1.807, 2.05) is 52.0 Å². The number of nitrogens with one attached hydrogen (secondary N) is 12. The Balaban J connectivity index is 0.000000142. The molecule has 12 N–H and O–H groups in total. The molecular formula is C101H140ClFN24O13. The number of nitrogens with zero attached hydrogens (tertiary/aromatic N) is 12. The summed E-state index contributed by atoms with van der Waals surface area (Å²) in [6, 6.07) is 23.6. The minimum absolute atomic E-state index is 0.0150. The number of aromatic nitrogens is 12. The van der Waals surface area contributed by atoms with Gasteiger partial charge in [-0.2, -0.15) is 30.6 Å². The van der Waals surface area contributed by atoms with Crippen molar-refractivity contribution in [2.75, 3.05) is 91.8 Å². The van der Waals surface area contributed by atoms with E-state index in [4.69, 9.17) is 16.3 Å². The van der Waals surface area contributed by atoms with Crippen molar-refractivity contribution in [3.05, 3.63) is 175 Å². The SMILES string of the molecule is CC(C)c1cc(C(=O)N2CCC(NC(=O)C3CC3)C2)n[nH]1.CC(C)c1cc(C(=O)N2CCC(NC(=O)C3CCC3)C2)n[nH]1.CC(C)c1cc(C(=O)N2CCC(NC(=O)C3CCCC3)C2)n[nH]1.CC(C)c1cc(C(=O)N2CCC(NC(=O)C3CCOCC3)C2)n[nH]1.CC(C)c1cc(C(=O)N2CCC(NC(=O)c3ccccc3Cl)C2)n[nH]1.CC(C)c1cc(C(=O)N2CCC(NC(=O)c3ccccc3F)C2)n[nH]1. The van der Waals surface area contributed by atoms with Crippen LogP contribution in [0.2, 0.25) is 5.02 Å². The maximum absolute atomic E-state index is 13.7. The van der Waals surface area contributed by atoms with E-state index in [-0.39, 0.29) is 142 Å². The summed E-state index contributed by atoms with van der Waals surface area (Å²) < 4.78 is 19.0. The lowest BCUT2D eigenvalue weighted by molar-refractivity contribution is -0.129. The number of rotatable bonds is 24. The van der Waals surface area contributed by atoms with Gasteiger partial charge in [0.25, 0.3) is 47.3 Å². The van der Waals surface area contributed by atoms with Gasteiger partial charge in [-0.05, 0) is 186 Å². The average molecular weight is 1950 g/mol. The molecule has 6 atom stereocenters. The molecule has 756 valence electrons. The summed E-state index contributed by atoms with van der Waals surface area (Å²) >= 11 is 6.05. The fourth-order valence-corrected chi connectivity index (χ4v) is 18.3. The number of hydrogen-bond donors (Lipinski definition) is 12. The summed E-state index contributed by atoms with van der Waals surface area (Å²) in [5, 5.41) is 60.6. The van der Waals surface area contributed by atoms with Crippen LogP contribution in [0.3, 0.4) is 0 Å². The second kappa shape index (κ2) is 49.1. The fraction of sp³-hybridized carbons (Fsp3) is 0.584. The lowest BCUT2D eigenvalue weighted by Gasteiger charge is -2.26. The highest BCUT2D eigenvalue weighted by atomic mass is 35.5. The molecule has 0 bridgehead atoms. The summed E-state index contributed by atoms with van der Waals surface area (Å²) in [5.41, 5.74) is 8.83. The van der Waals surface area contributed by atoms with Crippen LogP contribution in [0.1, 0.15) is 346 Å². The van der Waals surface area contributed by atoms with Gasteiger partial charge in [-0.1, -0.05) is 138 Å². The van der Waals surface area contributed by atoms with Crippen LogP contribution < -0.4 is 31.9 Å². The Labute approximate surface area is 821 Å². The largest absolute Gasteiger partial charge is 0.381 e. The first kappa shape index (κ1) is 105. The number of carbonyl (C=O) groups is 12. The lowest BCUT2D eigenvalue weighted by atomic mass is 9.84. The van der Waals surface area contributed by atoms with E-state index in [2.05, 4.69) is 148 Å². The van der Waals surface area contributed by atoms with Crippen molar-refractivity contribution in [1.82, 2.24) is 122 Å². The van der Waals surface area contributed by atoms with Crippen LogP contribution in [0.15, 0.2) is 84.9 Å². The zero-order valence-electron chi connectivity index (χ0n) is 82.7. The lowest BCUT2D eigenvalue weighted by Crippen LogP contribution is -2.43. The van der Waals surface area contributed by atoms with Gasteiger partial charge in [0.1, 0.15) is 40.0 Å². The maximum Gasteiger partial charge on any atom is 0.274 e. The number of amides is 12. The van der Waals surface area contributed by atoms with E-state index in [0.717, 1.165) is 130 Å². The molecule has 3 saturated carbocycles. The third-order valence-electron chi connectivity index (χ3n) is 27.5. The van der Waals surface area contributed by atoms with Gasteiger partial charge in [0, 0.05) is 186 Å². The second-order valence-electron chi connectivity index (χ2n) is 40.3. The van der Waals surface area contributed by atoms with Crippen LogP contribution in [0.5, 0.6) is 0 Å². The first-order chi connectivity index (χ1) is 67.1. The topological polar surface area (TPSA) is 478 Å². The van der Waals surface area contributed by atoms with Crippen molar-refractivity contribution >= 4 is 82.5 Å². The standard InChI is InChI=1S/C18H21ClN4O2.C18H21FN4O2.C17H26N4O3.C17H26N4O2.C16H24N4O2.C15H22N4O2/c2*1-11(2)15-9-16(22-21-15)18(25)23-8-7-12(10-23)20-17(24)13-5-3-4-6-14(13)19;1-11(2)14-9-15(20-19-14)17(23)21-6-3-13(10-21)18-16(22)12-4-7-24-8-5-12;1-11(2)14-9-15(20-19-14)17(23)21-8-7-13(10-21)18-16(22)12-5-3-4-6-12;1-10(2)13-8-14(19-18-13)16(22)20-7-6-12(9-20)17-15(21)11-4-3-5-11;1-9(2)12-7-13(18-17-12)15(21)19-6-5-11(8-19)16-14(20)10-3-4-10/h2*3-6,9,11-12H,7-8,10H2,1-2H3,(H,20,24)(H,21,22);9,11-13H,3-8,10H2,1-2H3,(H,18,22)(H,19,20);9,11-13H,3-8,10H2,1-2H3,(H,18,22)(H,19,20);8,10-12H,3-7,9H2,1-2H3,(H,17,21)(H,18,19);7,9-11H,3-6,8H2,1-2H3,(H,16,20)(H,17,18). The molecule has 12 amide bonds. The van der Waals surface area contributed by atoms with Gasteiger partial charge < -0.3 is 66.0 Å². The van der Waals surface area contributed by atoms with Gasteiger partial charge in [0.2, 0.25) is 23.6 Å². The summed E-state index contributed by atoms with van der Waals surface area (Å²) in [5.74, 6) is 1.32. The maximum atomic E-state index is 13.7. The molecule has 6 unspecified atom stereocenters. The summed E-state index contributed by atoms with van der Waals surface area (Å²) in [7, 11) is 0. The van der Waals surface area contributed by atoms with Crippen LogP contribution in [0.4, 0.5) is 4.39 Å². The van der Waals surface area contributed by atoms with Gasteiger partial charge in [-0.25, -0.2) is 4.39 Å². The van der Waals surface area contributed by atoms with Crippen LogP contribution in [0, 0.1) is 29.5 Å².